The Kier molecular flexibility index (Phi) is 45.7. The molecule has 0 saturated heterocycles. The predicted octanol–water partition coefficient (Wildman–Crippen LogP) is 17.3. The number of hydrogen-bond donors (Lipinski definition) is 0. The van der Waals surface area contributed by atoms with Crippen LogP contribution in [0.2, 0.25) is 0 Å². The molecule has 0 aliphatic carbocycles. The van der Waals surface area contributed by atoms with Crippen LogP contribution in [0.25, 0.3) is 0 Å². The van der Waals surface area contributed by atoms with Crippen molar-refractivity contribution < 1.29 is 28.6 Å². The first-order valence-corrected chi connectivity index (χ1v) is 26.8. The van der Waals surface area contributed by atoms with Crippen molar-refractivity contribution in [3.63, 3.8) is 0 Å². The predicted molar refractivity (Wildman–Crippen MR) is 256 cm³/mol. The molecule has 0 aromatic carbocycles. The standard InChI is InChI=1S/C54H104O6/c1-6-8-9-10-11-12-13-14-15-16-17-18-19-22-25-28-34-39-44-52(55)58-47-51(60-54(57)46-41-36-31-30-33-38-43-50(5)7-2)48-59-53(56)45-40-35-29-26-23-20-21-24-27-32-37-42-49(3)4/h49-51H,6-48H2,1-5H3/t50?,51-/m0/s1. The second kappa shape index (κ2) is 46.9. The van der Waals surface area contributed by atoms with E-state index in [0.717, 1.165) is 69.6 Å². The monoisotopic (exact) mass is 849 g/mol. The maximum Gasteiger partial charge on any atom is 0.306 e. The number of unbranched alkanes of at least 4 members (excludes halogenated alkanes) is 32. The third kappa shape index (κ3) is 45.9. The number of carbonyl (C=O) groups is 3. The van der Waals surface area contributed by atoms with E-state index in [1.165, 1.54) is 186 Å². The van der Waals surface area contributed by atoms with Gasteiger partial charge in [-0.05, 0) is 31.1 Å². The van der Waals surface area contributed by atoms with E-state index < -0.39 is 6.10 Å². The molecule has 2 atom stereocenters. The summed E-state index contributed by atoms with van der Waals surface area (Å²) >= 11 is 0. The van der Waals surface area contributed by atoms with E-state index in [4.69, 9.17) is 14.2 Å². The van der Waals surface area contributed by atoms with E-state index in [1.54, 1.807) is 0 Å². The van der Waals surface area contributed by atoms with Gasteiger partial charge < -0.3 is 14.2 Å². The first kappa shape index (κ1) is 58.4. The highest BCUT2D eigenvalue weighted by Crippen LogP contribution is 2.18. The minimum absolute atomic E-state index is 0.0645. The van der Waals surface area contributed by atoms with E-state index in [0.29, 0.717) is 19.3 Å². The SMILES string of the molecule is CCCCCCCCCCCCCCCCCCCCC(=O)OC[C@@H](COC(=O)CCCCCCCCCCCCCC(C)C)OC(=O)CCCCCCCCC(C)CC. The summed E-state index contributed by atoms with van der Waals surface area (Å²) in [6.45, 7) is 11.3. The van der Waals surface area contributed by atoms with E-state index in [-0.39, 0.29) is 31.1 Å². The molecular weight excluding hydrogens is 745 g/mol. The Morgan fingerprint density at radius 2 is 0.633 bits per heavy atom. The van der Waals surface area contributed by atoms with Gasteiger partial charge in [-0.25, -0.2) is 0 Å². The lowest BCUT2D eigenvalue weighted by Crippen LogP contribution is -2.30. The van der Waals surface area contributed by atoms with Gasteiger partial charge in [0.15, 0.2) is 6.10 Å². The Hall–Kier alpha value is -1.59. The molecule has 0 aliphatic rings. The van der Waals surface area contributed by atoms with Crippen molar-refractivity contribution in [2.45, 2.75) is 304 Å². The van der Waals surface area contributed by atoms with Gasteiger partial charge in [-0.15, -0.1) is 0 Å². The number of rotatable bonds is 48. The van der Waals surface area contributed by atoms with Crippen molar-refractivity contribution in [1.29, 1.82) is 0 Å². The smallest absolute Gasteiger partial charge is 0.306 e. The topological polar surface area (TPSA) is 78.9 Å². The van der Waals surface area contributed by atoms with Crippen LogP contribution in [0.1, 0.15) is 298 Å². The molecular formula is C54H104O6. The summed E-state index contributed by atoms with van der Waals surface area (Å²) in [6, 6.07) is 0. The molecule has 1 unspecified atom stereocenters. The highest BCUT2D eigenvalue weighted by Gasteiger charge is 2.19. The van der Waals surface area contributed by atoms with Gasteiger partial charge in [0.05, 0.1) is 0 Å². The zero-order valence-electron chi connectivity index (χ0n) is 41.1. The molecule has 0 amide bonds. The van der Waals surface area contributed by atoms with Crippen molar-refractivity contribution in [3.05, 3.63) is 0 Å². The van der Waals surface area contributed by atoms with Gasteiger partial charge in [0.25, 0.3) is 0 Å². The minimum atomic E-state index is -0.763. The van der Waals surface area contributed by atoms with Crippen LogP contribution in [-0.4, -0.2) is 37.2 Å². The summed E-state index contributed by atoms with van der Waals surface area (Å²) in [6.07, 6.45) is 48.1. The lowest BCUT2D eigenvalue weighted by Gasteiger charge is -2.18. The second-order valence-corrected chi connectivity index (χ2v) is 19.2. The summed E-state index contributed by atoms with van der Waals surface area (Å²) < 4.78 is 16.8. The maximum absolute atomic E-state index is 12.8. The molecule has 0 fully saturated rings. The normalized spacial score (nSPS) is 12.5. The number of hydrogen-bond acceptors (Lipinski definition) is 6. The Bertz CT molecular complexity index is 918. The van der Waals surface area contributed by atoms with E-state index >= 15 is 0 Å². The van der Waals surface area contributed by atoms with Crippen molar-refractivity contribution in [2.24, 2.45) is 11.8 Å². The van der Waals surface area contributed by atoms with Crippen LogP contribution in [-0.2, 0) is 28.6 Å². The molecule has 0 heterocycles. The lowest BCUT2D eigenvalue weighted by molar-refractivity contribution is -0.167. The lowest BCUT2D eigenvalue weighted by atomic mass is 10.00. The quantitative estimate of drug-likeness (QED) is 0.0345. The molecule has 0 aliphatic heterocycles. The fraction of sp³-hybridized carbons (Fsp3) is 0.944. The van der Waals surface area contributed by atoms with Gasteiger partial charge in [-0.2, -0.15) is 0 Å². The van der Waals surface area contributed by atoms with Gasteiger partial charge in [-0.1, -0.05) is 259 Å². The molecule has 356 valence electrons. The van der Waals surface area contributed by atoms with Gasteiger partial charge in [0.1, 0.15) is 13.2 Å². The van der Waals surface area contributed by atoms with Gasteiger partial charge in [-0.3, -0.25) is 14.4 Å². The Balaban J connectivity index is 4.25. The molecule has 6 heteroatoms. The van der Waals surface area contributed by atoms with Gasteiger partial charge in [0, 0.05) is 19.3 Å². The van der Waals surface area contributed by atoms with Crippen molar-refractivity contribution >= 4 is 17.9 Å². The summed E-state index contributed by atoms with van der Waals surface area (Å²) in [5, 5.41) is 0. The van der Waals surface area contributed by atoms with Crippen molar-refractivity contribution in [1.82, 2.24) is 0 Å². The number of esters is 3. The first-order valence-electron chi connectivity index (χ1n) is 26.8. The second-order valence-electron chi connectivity index (χ2n) is 19.2. The van der Waals surface area contributed by atoms with Crippen LogP contribution in [0.15, 0.2) is 0 Å². The summed E-state index contributed by atoms with van der Waals surface area (Å²) in [4.78, 5) is 37.9. The molecule has 0 bridgehead atoms. The van der Waals surface area contributed by atoms with Crippen LogP contribution in [0.3, 0.4) is 0 Å². The summed E-state index contributed by atoms with van der Waals surface area (Å²) in [7, 11) is 0. The zero-order valence-corrected chi connectivity index (χ0v) is 41.1. The third-order valence-electron chi connectivity index (χ3n) is 12.6. The van der Waals surface area contributed by atoms with Gasteiger partial charge >= 0.3 is 17.9 Å². The molecule has 6 nitrogen and oxygen atoms in total. The average Bonchev–Trinajstić information content (AvgIpc) is 3.23. The first-order chi connectivity index (χ1) is 29.3. The molecule has 60 heavy (non-hydrogen) atoms. The Labute approximate surface area is 374 Å². The van der Waals surface area contributed by atoms with E-state index in [2.05, 4.69) is 34.6 Å². The zero-order chi connectivity index (χ0) is 44.0. The number of ether oxygens (including phenoxy) is 3. The fourth-order valence-corrected chi connectivity index (χ4v) is 8.13. The van der Waals surface area contributed by atoms with Crippen LogP contribution in [0.5, 0.6) is 0 Å². The third-order valence-corrected chi connectivity index (χ3v) is 12.6. The summed E-state index contributed by atoms with van der Waals surface area (Å²) in [5.74, 6) is 0.786. The van der Waals surface area contributed by atoms with Crippen LogP contribution in [0.4, 0.5) is 0 Å². The van der Waals surface area contributed by atoms with Crippen LogP contribution < -0.4 is 0 Å². The Morgan fingerprint density at radius 1 is 0.350 bits per heavy atom. The van der Waals surface area contributed by atoms with E-state index in [9.17, 15) is 14.4 Å². The van der Waals surface area contributed by atoms with Crippen molar-refractivity contribution in [2.75, 3.05) is 13.2 Å². The largest absolute Gasteiger partial charge is 0.462 e. The number of carbonyl (C=O) groups excluding carboxylic acids is 3. The molecule has 0 aromatic heterocycles. The molecule has 0 spiro atoms. The fourth-order valence-electron chi connectivity index (χ4n) is 8.13. The molecule has 0 saturated carbocycles. The maximum atomic E-state index is 12.8. The molecule has 0 radical (unpaired) electrons. The highest BCUT2D eigenvalue weighted by atomic mass is 16.6. The average molecular weight is 849 g/mol. The minimum Gasteiger partial charge on any atom is -0.462 e. The van der Waals surface area contributed by atoms with E-state index in [1.807, 2.05) is 0 Å². The molecule has 0 N–H and O–H groups in total. The molecule has 0 aromatic rings. The molecule has 0 rings (SSSR count). The highest BCUT2D eigenvalue weighted by molar-refractivity contribution is 5.71. The summed E-state index contributed by atoms with van der Waals surface area (Å²) in [5.41, 5.74) is 0. The van der Waals surface area contributed by atoms with Crippen LogP contribution >= 0.6 is 0 Å². The Morgan fingerprint density at radius 3 is 0.950 bits per heavy atom. The van der Waals surface area contributed by atoms with Crippen molar-refractivity contribution in [3.8, 4) is 0 Å². The van der Waals surface area contributed by atoms with Crippen LogP contribution in [0, 0.1) is 11.8 Å². The van der Waals surface area contributed by atoms with Gasteiger partial charge in [0.2, 0.25) is 0 Å².